The number of hydrogen-bond acceptors (Lipinski definition) is 9. The number of hydrogen-bond donors (Lipinski definition) is 4. The van der Waals surface area contributed by atoms with Gasteiger partial charge in [-0.05, 0) is 16.8 Å². The van der Waals surface area contributed by atoms with E-state index in [-0.39, 0.29) is 29.6 Å². The summed E-state index contributed by atoms with van der Waals surface area (Å²) < 4.78 is 5.82. The number of guanidine groups is 1. The van der Waals surface area contributed by atoms with Crippen molar-refractivity contribution in [3.8, 4) is 30.4 Å². The molecule has 0 saturated carbocycles. The minimum Gasteiger partial charge on any atom is -0.481 e. The van der Waals surface area contributed by atoms with Crippen molar-refractivity contribution in [1.29, 1.82) is 10.5 Å². The Morgan fingerprint density at radius 2 is 1.97 bits per heavy atom. The zero-order valence-corrected chi connectivity index (χ0v) is 16.2. The monoisotopic (exact) mass is 408 g/mol. The summed E-state index contributed by atoms with van der Waals surface area (Å²) in [6.45, 7) is 0.0507. The highest BCUT2D eigenvalue weighted by Gasteiger charge is 2.32. The van der Waals surface area contributed by atoms with Crippen LogP contribution in [0.5, 0.6) is 5.75 Å². The van der Waals surface area contributed by atoms with Crippen LogP contribution in [0.1, 0.15) is 22.7 Å². The fourth-order valence-electron chi connectivity index (χ4n) is 3.59. The SMILES string of the molecule is C#CCOc1ccc2ccccc2c1C1N=C(NC#N)Nc2nc(N)c(C#N)c(N)c21. The number of anilines is 3. The number of aromatic nitrogens is 1. The highest BCUT2D eigenvalue weighted by molar-refractivity contribution is 6.00. The molecule has 9 heteroatoms. The Hall–Kier alpha value is -4.94. The molecule has 2 aromatic carbocycles. The maximum atomic E-state index is 9.53. The van der Waals surface area contributed by atoms with Crippen molar-refractivity contribution >= 4 is 34.1 Å². The zero-order valence-electron chi connectivity index (χ0n) is 16.2. The average molecular weight is 408 g/mol. The second-order valence-electron chi connectivity index (χ2n) is 6.59. The van der Waals surface area contributed by atoms with Crippen LogP contribution in [0.4, 0.5) is 17.3 Å². The molecule has 1 aliphatic rings. The lowest BCUT2D eigenvalue weighted by atomic mass is 9.90. The number of nitrogens with two attached hydrogens (primary N) is 2. The molecule has 0 aliphatic carbocycles. The number of nitrogen functional groups attached to an aromatic ring is 2. The first kappa shape index (κ1) is 19.4. The van der Waals surface area contributed by atoms with Gasteiger partial charge in [-0.3, -0.25) is 5.32 Å². The summed E-state index contributed by atoms with van der Waals surface area (Å²) in [6, 6.07) is 12.7. The molecule has 0 bridgehead atoms. The molecule has 0 fully saturated rings. The first-order valence-electron chi connectivity index (χ1n) is 9.15. The van der Waals surface area contributed by atoms with Crippen LogP contribution in [0, 0.1) is 35.1 Å². The van der Waals surface area contributed by atoms with Gasteiger partial charge in [0.1, 0.15) is 41.7 Å². The predicted molar refractivity (Wildman–Crippen MR) is 118 cm³/mol. The highest BCUT2D eigenvalue weighted by atomic mass is 16.5. The molecule has 1 atom stereocenters. The van der Waals surface area contributed by atoms with E-state index in [4.69, 9.17) is 27.9 Å². The average Bonchev–Trinajstić information content (AvgIpc) is 2.77. The van der Waals surface area contributed by atoms with Gasteiger partial charge in [0.05, 0.1) is 5.69 Å². The molecular weight excluding hydrogens is 392 g/mol. The number of fused-ring (bicyclic) bond motifs is 2. The van der Waals surface area contributed by atoms with Crippen molar-refractivity contribution in [3.05, 3.63) is 53.1 Å². The molecule has 9 nitrogen and oxygen atoms in total. The normalized spacial score (nSPS) is 14.2. The third kappa shape index (κ3) is 3.25. The van der Waals surface area contributed by atoms with Gasteiger partial charge in [0.2, 0.25) is 5.96 Å². The van der Waals surface area contributed by atoms with Gasteiger partial charge in [-0.1, -0.05) is 36.3 Å². The number of ether oxygens (including phenoxy) is 1. The molecular formula is C22H16N8O. The number of nitriles is 2. The number of rotatable bonds is 3. The Balaban J connectivity index is 2.06. The summed E-state index contributed by atoms with van der Waals surface area (Å²) >= 11 is 0. The predicted octanol–water partition coefficient (Wildman–Crippen LogP) is 2.22. The Bertz CT molecular complexity index is 1360. The van der Waals surface area contributed by atoms with E-state index in [0.717, 1.165) is 10.8 Å². The summed E-state index contributed by atoms with van der Waals surface area (Å²) in [5, 5.41) is 25.8. The third-order valence-electron chi connectivity index (χ3n) is 4.87. The Morgan fingerprint density at radius 1 is 1.16 bits per heavy atom. The van der Waals surface area contributed by atoms with Gasteiger partial charge in [0.25, 0.3) is 0 Å². The lowest BCUT2D eigenvalue weighted by Crippen LogP contribution is -2.33. The van der Waals surface area contributed by atoms with Crippen LogP contribution in [-0.2, 0) is 0 Å². The van der Waals surface area contributed by atoms with Crippen LogP contribution in [0.25, 0.3) is 10.8 Å². The minimum absolute atomic E-state index is 0.0232. The van der Waals surface area contributed by atoms with E-state index in [2.05, 4.69) is 26.5 Å². The summed E-state index contributed by atoms with van der Waals surface area (Å²) in [5.74, 6) is 3.39. The molecule has 0 radical (unpaired) electrons. The molecule has 0 spiro atoms. The number of terminal acetylenes is 1. The summed E-state index contributed by atoms with van der Waals surface area (Å²) in [7, 11) is 0. The molecule has 3 aromatic rings. The maximum Gasteiger partial charge on any atom is 0.211 e. The fraction of sp³-hybridized carbons (Fsp3) is 0.0909. The van der Waals surface area contributed by atoms with Crippen molar-refractivity contribution in [2.75, 3.05) is 23.4 Å². The van der Waals surface area contributed by atoms with E-state index in [1.807, 2.05) is 42.6 Å². The number of aliphatic imine (C=N–C) groups is 1. The number of nitrogens with one attached hydrogen (secondary N) is 2. The molecule has 6 N–H and O–H groups in total. The van der Waals surface area contributed by atoms with Crippen LogP contribution in [0.15, 0.2) is 41.4 Å². The lowest BCUT2D eigenvalue weighted by molar-refractivity contribution is 0.365. The fourth-order valence-corrected chi connectivity index (χ4v) is 3.59. The molecule has 2 heterocycles. The van der Waals surface area contributed by atoms with Gasteiger partial charge in [-0.25, -0.2) is 9.98 Å². The van der Waals surface area contributed by atoms with E-state index in [0.29, 0.717) is 22.7 Å². The van der Waals surface area contributed by atoms with Crippen LogP contribution in [0.2, 0.25) is 0 Å². The van der Waals surface area contributed by atoms with Gasteiger partial charge < -0.3 is 21.5 Å². The lowest BCUT2D eigenvalue weighted by Gasteiger charge is -2.28. The summed E-state index contributed by atoms with van der Waals surface area (Å²) in [4.78, 5) is 8.92. The van der Waals surface area contributed by atoms with Crippen molar-refractivity contribution in [2.24, 2.45) is 4.99 Å². The van der Waals surface area contributed by atoms with Crippen LogP contribution >= 0.6 is 0 Å². The van der Waals surface area contributed by atoms with E-state index in [9.17, 15) is 5.26 Å². The van der Waals surface area contributed by atoms with E-state index in [1.165, 1.54) is 0 Å². The zero-order chi connectivity index (χ0) is 22.0. The third-order valence-corrected chi connectivity index (χ3v) is 4.87. The van der Waals surface area contributed by atoms with Gasteiger partial charge in [0.15, 0.2) is 6.19 Å². The standard InChI is InChI=1S/C22H16N8O/c1-2-9-31-15-8-7-12-5-3-4-6-13(12)16(15)19-17-18(25)14(10-23)20(26)29-21(17)30-22(28-19)27-11-24/h1,3-8,19H,9H2,(H6,25,26,27,28,29,30). The molecule has 0 amide bonds. The van der Waals surface area contributed by atoms with Gasteiger partial charge in [-0.15, -0.1) is 6.42 Å². The van der Waals surface area contributed by atoms with Gasteiger partial charge >= 0.3 is 0 Å². The molecule has 31 heavy (non-hydrogen) atoms. The van der Waals surface area contributed by atoms with Crippen molar-refractivity contribution in [3.63, 3.8) is 0 Å². The van der Waals surface area contributed by atoms with E-state index >= 15 is 0 Å². The van der Waals surface area contributed by atoms with Crippen molar-refractivity contribution in [2.45, 2.75) is 6.04 Å². The topological polar surface area (TPSA) is 158 Å². The Kier molecular flexibility index (Phi) is 4.89. The molecule has 4 rings (SSSR count). The Labute approximate surface area is 178 Å². The van der Waals surface area contributed by atoms with E-state index < -0.39 is 6.04 Å². The highest BCUT2D eigenvalue weighted by Crippen LogP contribution is 2.45. The Morgan fingerprint density at radius 3 is 2.71 bits per heavy atom. The maximum absolute atomic E-state index is 9.53. The minimum atomic E-state index is -0.744. The smallest absolute Gasteiger partial charge is 0.211 e. The quantitative estimate of drug-likeness (QED) is 0.292. The van der Waals surface area contributed by atoms with Crippen molar-refractivity contribution in [1.82, 2.24) is 10.3 Å². The molecule has 150 valence electrons. The van der Waals surface area contributed by atoms with Crippen LogP contribution < -0.4 is 26.8 Å². The van der Waals surface area contributed by atoms with E-state index in [1.54, 1.807) is 6.07 Å². The number of nitrogens with zero attached hydrogens (tertiary/aromatic N) is 4. The largest absolute Gasteiger partial charge is 0.481 e. The first-order chi connectivity index (χ1) is 15.1. The number of pyridine rings is 1. The van der Waals surface area contributed by atoms with Gasteiger partial charge in [-0.2, -0.15) is 10.5 Å². The first-order valence-corrected chi connectivity index (χ1v) is 9.15. The second-order valence-corrected chi connectivity index (χ2v) is 6.59. The molecule has 0 saturated heterocycles. The molecule has 1 aliphatic heterocycles. The summed E-state index contributed by atoms with van der Waals surface area (Å²) in [6.07, 6.45) is 7.23. The van der Waals surface area contributed by atoms with Gasteiger partial charge in [0, 0.05) is 11.1 Å². The summed E-state index contributed by atoms with van der Waals surface area (Å²) in [5.41, 5.74) is 13.6. The van der Waals surface area contributed by atoms with Crippen LogP contribution in [-0.4, -0.2) is 17.6 Å². The number of benzene rings is 2. The van der Waals surface area contributed by atoms with Crippen LogP contribution in [0.3, 0.4) is 0 Å². The van der Waals surface area contributed by atoms with Crippen molar-refractivity contribution < 1.29 is 4.74 Å². The molecule has 1 aromatic heterocycles. The second kappa shape index (κ2) is 7.82. The molecule has 1 unspecified atom stereocenters.